The molecule has 0 aliphatic rings. The molecule has 9 heteroatoms. The van der Waals surface area contributed by atoms with Crippen molar-refractivity contribution in [2.24, 2.45) is 0 Å². The van der Waals surface area contributed by atoms with E-state index in [-0.39, 0.29) is 35.9 Å². The summed E-state index contributed by atoms with van der Waals surface area (Å²) in [6.45, 7) is 0.398. The highest BCUT2D eigenvalue weighted by Crippen LogP contribution is 2.23. The Morgan fingerprint density at radius 3 is 2.87 bits per heavy atom. The minimum absolute atomic E-state index is 0.0277. The van der Waals surface area contributed by atoms with E-state index in [0.29, 0.717) is 0 Å². The number of anilines is 1. The standard InChI is InChI=1S/C14H14FN3O5/c1-22-5-6-23-10-4-2-3-8(15)11(10)13(19)17-9-7-16-18-12(9)14(20)21/h2-4,7H,5-6H2,1H3,(H,16,18)(H,17,19)(H,20,21). The maximum atomic E-state index is 14.0. The maximum absolute atomic E-state index is 14.0. The number of halogens is 1. The molecule has 1 aromatic carbocycles. The molecule has 8 nitrogen and oxygen atoms in total. The smallest absolute Gasteiger partial charge is 0.358 e. The molecule has 2 rings (SSSR count). The monoisotopic (exact) mass is 323 g/mol. The highest BCUT2D eigenvalue weighted by Gasteiger charge is 2.21. The van der Waals surface area contributed by atoms with Gasteiger partial charge < -0.3 is 19.9 Å². The Bertz CT molecular complexity index is 716. The maximum Gasteiger partial charge on any atom is 0.358 e. The van der Waals surface area contributed by atoms with Crippen molar-refractivity contribution in [3.8, 4) is 5.75 Å². The molecule has 3 N–H and O–H groups in total. The number of carboxylic acids is 1. The zero-order chi connectivity index (χ0) is 16.8. The Kier molecular flexibility index (Phi) is 5.26. The SMILES string of the molecule is COCCOc1cccc(F)c1C(=O)Nc1c[nH]nc1C(=O)O. The summed E-state index contributed by atoms with van der Waals surface area (Å²) in [5.41, 5.74) is -0.786. The minimum Gasteiger partial charge on any atom is -0.490 e. The fraction of sp³-hybridized carbons (Fsp3) is 0.214. The molecule has 2 aromatic rings. The third-order valence-corrected chi connectivity index (χ3v) is 2.84. The molecular weight excluding hydrogens is 309 g/mol. The molecule has 0 radical (unpaired) electrons. The molecule has 23 heavy (non-hydrogen) atoms. The third-order valence-electron chi connectivity index (χ3n) is 2.84. The van der Waals surface area contributed by atoms with E-state index in [0.717, 1.165) is 6.07 Å². The molecule has 122 valence electrons. The number of benzene rings is 1. The first kappa shape index (κ1) is 16.4. The average Bonchev–Trinajstić information content (AvgIpc) is 2.95. The van der Waals surface area contributed by atoms with Crippen LogP contribution in [-0.2, 0) is 4.74 Å². The minimum atomic E-state index is -1.33. The van der Waals surface area contributed by atoms with Crippen molar-refractivity contribution >= 4 is 17.6 Å². The van der Waals surface area contributed by atoms with Crippen LogP contribution in [0.3, 0.4) is 0 Å². The fourth-order valence-electron chi connectivity index (χ4n) is 1.81. The lowest BCUT2D eigenvalue weighted by molar-refractivity contribution is 0.0691. The molecule has 0 bridgehead atoms. The van der Waals surface area contributed by atoms with Crippen molar-refractivity contribution in [1.29, 1.82) is 0 Å². The van der Waals surface area contributed by atoms with Gasteiger partial charge in [-0.1, -0.05) is 6.07 Å². The van der Waals surface area contributed by atoms with E-state index in [1.54, 1.807) is 0 Å². The number of methoxy groups -OCH3 is 1. The Hall–Kier alpha value is -2.94. The lowest BCUT2D eigenvalue weighted by atomic mass is 10.1. The van der Waals surface area contributed by atoms with Crippen molar-refractivity contribution in [1.82, 2.24) is 10.2 Å². The van der Waals surface area contributed by atoms with E-state index in [4.69, 9.17) is 14.6 Å². The number of H-pyrrole nitrogens is 1. The van der Waals surface area contributed by atoms with Gasteiger partial charge in [0.1, 0.15) is 23.7 Å². The van der Waals surface area contributed by atoms with Gasteiger partial charge in [0, 0.05) is 13.3 Å². The fourth-order valence-corrected chi connectivity index (χ4v) is 1.81. The van der Waals surface area contributed by atoms with Crippen LogP contribution in [0.4, 0.5) is 10.1 Å². The summed E-state index contributed by atoms with van der Waals surface area (Å²) in [6, 6.07) is 3.93. The lowest BCUT2D eigenvalue weighted by Gasteiger charge is -2.12. The van der Waals surface area contributed by atoms with E-state index < -0.39 is 17.7 Å². The van der Waals surface area contributed by atoms with Crippen LogP contribution >= 0.6 is 0 Å². The number of nitrogens with zero attached hydrogens (tertiary/aromatic N) is 1. The van der Waals surface area contributed by atoms with E-state index in [1.807, 2.05) is 0 Å². The van der Waals surface area contributed by atoms with Crippen molar-refractivity contribution in [2.45, 2.75) is 0 Å². The second-order valence-corrected chi connectivity index (χ2v) is 4.36. The van der Waals surface area contributed by atoms with Crippen LogP contribution in [0.5, 0.6) is 5.75 Å². The second kappa shape index (κ2) is 7.36. The van der Waals surface area contributed by atoms with Crippen LogP contribution in [0.1, 0.15) is 20.8 Å². The van der Waals surface area contributed by atoms with Gasteiger partial charge in [0.15, 0.2) is 5.69 Å². The van der Waals surface area contributed by atoms with Gasteiger partial charge in [-0.15, -0.1) is 0 Å². The van der Waals surface area contributed by atoms with Crippen LogP contribution in [0, 0.1) is 5.82 Å². The summed E-state index contributed by atoms with van der Waals surface area (Å²) < 4.78 is 24.1. The molecule has 1 amide bonds. The largest absolute Gasteiger partial charge is 0.490 e. The van der Waals surface area contributed by atoms with E-state index in [1.165, 1.54) is 25.4 Å². The molecule has 1 heterocycles. The van der Waals surface area contributed by atoms with Crippen LogP contribution < -0.4 is 10.1 Å². The van der Waals surface area contributed by atoms with Gasteiger partial charge in [0.2, 0.25) is 0 Å². The second-order valence-electron chi connectivity index (χ2n) is 4.36. The Morgan fingerprint density at radius 2 is 2.17 bits per heavy atom. The summed E-state index contributed by atoms with van der Waals surface area (Å²) in [4.78, 5) is 23.2. The molecule has 0 atom stereocenters. The summed E-state index contributed by atoms with van der Waals surface area (Å²) in [7, 11) is 1.48. The zero-order valence-corrected chi connectivity index (χ0v) is 12.1. The van der Waals surface area contributed by atoms with Gasteiger partial charge in [-0.2, -0.15) is 5.10 Å². The number of carboxylic acid groups (broad SMARTS) is 1. The van der Waals surface area contributed by atoms with Crippen molar-refractivity contribution in [3.05, 3.63) is 41.5 Å². The number of aromatic nitrogens is 2. The van der Waals surface area contributed by atoms with E-state index in [9.17, 15) is 14.0 Å². The van der Waals surface area contributed by atoms with Crippen molar-refractivity contribution < 1.29 is 28.6 Å². The molecule has 0 unspecified atom stereocenters. The summed E-state index contributed by atoms with van der Waals surface area (Å²) in [6.07, 6.45) is 1.19. The zero-order valence-electron chi connectivity index (χ0n) is 12.1. The first-order valence-corrected chi connectivity index (χ1v) is 6.53. The molecule has 0 fully saturated rings. The highest BCUT2D eigenvalue weighted by atomic mass is 19.1. The van der Waals surface area contributed by atoms with Gasteiger partial charge in [0.05, 0.1) is 12.3 Å². The number of aromatic amines is 1. The number of ether oxygens (including phenoxy) is 2. The molecule has 0 aliphatic carbocycles. The number of carbonyl (C=O) groups excluding carboxylic acids is 1. The van der Waals surface area contributed by atoms with E-state index in [2.05, 4.69) is 15.5 Å². The van der Waals surface area contributed by atoms with Crippen LogP contribution in [-0.4, -0.2) is 47.5 Å². The Labute approximate surface area is 130 Å². The summed E-state index contributed by atoms with van der Waals surface area (Å²) >= 11 is 0. The number of rotatable bonds is 7. The van der Waals surface area contributed by atoms with Gasteiger partial charge in [0.25, 0.3) is 5.91 Å². The predicted molar refractivity (Wildman–Crippen MR) is 77.3 cm³/mol. The van der Waals surface area contributed by atoms with Gasteiger partial charge >= 0.3 is 5.97 Å². The highest BCUT2D eigenvalue weighted by molar-refractivity contribution is 6.08. The normalized spacial score (nSPS) is 10.3. The Balaban J connectivity index is 2.24. The van der Waals surface area contributed by atoms with Gasteiger partial charge in [-0.3, -0.25) is 9.89 Å². The topological polar surface area (TPSA) is 114 Å². The molecular formula is C14H14FN3O5. The third kappa shape index (κ3) is 3.83. The van der Waals surface area contributed by atoms with Crippen molar-refractivity contribution in [3.63, 3.8) is 0 Å². The van der Waals surface area contributed by atoms with Crippen LogP contribution in [0.2, 0.25) is 0 Å². The van der Waals surface area contributed by atoms with Gasteiger partial charge in [-0.05, 0) is 12.1 Å². The quantitative estimate of drug-likeness (QED) is 0.666. The molecule has 0 aliphatic heterocycles. The molecule has 0 saturated heterocycles. The Morgan fingerprint density at radius 1 is 1.39 bits per heavy atom. The molecule has 1 aromatic heterocycles. The molecule has 0 saturated carbocycles. The number of hydrogen-bond acceptors (Lipinski definition) is 5. The summed E-state index contributed by atoms with van der Waals surface area (Å²) in [5, 5.41) is 17.0. The number of hydrogen-bond donors (Lipinski definition) is 3. The number of amides is 1. The van der Waals surface area contributed by atoms with Crippen LogP contribution in [0.15, 0.2) is 24.4 Å². The van der Waals surface area contributed by atoms with Gasteiger partial charge in [-0.25, -0.2) is 9.18 Å². The first-order chi connectivity index (χ1) is 11.0. The van der Waals surface area contributed by atoms with Crippen molar-refractivity contribution in [2.75, 3.05) is 25.6 Å². The lowest BCUT2D eigenvalue weighted by Crippen LogP contribution is -2.18. The van der Waals surface area contributed by atoms with Crippen LogP contribution in [0.25, 0.3) is 0 Å². The number of aromatic carboxylic acids is 1. The predicted octanol–water partition coefficient (Wildman–Crippen LogP) is 1.52. The first-order valence-electron chi connectivity index (χ1n) is 6.53. The number of nitrogens with one attached hydrogen (secondary N) is 2. The van der Waals surface area contributed by atoms with E-state index >= 15 is 0 Å². The molecule has 0 spiro atoms. The summed E-state index contributed by atoms with van der Waals surface area (Å²) in [5.74, 6) is -2.94. The number of carbonyl (C=O) groups is 2. The average molecular weight is 323 g/mol.